The average Bonchev–Trinajstić information content (AvgIpc) is 2.79. The molecule has 2 heterocycles. The maximum absolute atomic E-state index is 6.31. The zero-order valence-corrected chi connectivity index (χ0v) is 12.0. The first-order valence-electron chi connectivity index (χ1n) is 6.17. The highest BCUT2D eigenvalue weighted by Crippen LogP contribution is 2.42. The smallest absolute Gasteiger partial charge is 0.142 e. The summed E-state index contributed by atoms with van der Waals surface area (Å²) in [6.07, 6.45) is 0.845. The minimum atomic E-state index is -0.201. The summed E-state index contributed by atoms with van der Waals surface area (Å²) in [5.74, 6) is 1.42. The monoisotopic (exact) mass is 277 g/mol. The van der Waals surface area contributed by atoms with Gasteiger partial charge in [0.25, 0.3) is 0 Å². The molecule has 0 saturated carbocycles. The molecule has 3 rings (SSSR count). The van der Waals surface area contributed by atoms with Crippen molar-refractivity contribution in [2.45, 2.75) is 25.9 Å². The second kappa shape index (κ2) is 3.90. The van der Waals surface area contributed by atoms with E-state index in [1.807, 2.05) is 19.2 Å². The number of halogens is 1. The van der Waals surface area contributed by atoms with E-state index in [0.29, 0.717) is 10.8 Å². The fourth-order valence-electron chi connectivity index (χ4n) is 2.44. The van der Waals surface area contributed by atoms with Crippen LogP contribution in [0.1, 0.15) is 19.4 Å². The highest BCUT2D eigenvalue weighted by atomic mass is 35.5. The van der Waals surface area contributed by atoms with Crippen molar-refractivity contribution in [1.82, 2.24) is 9.78 Å². The van der Waals surface area contributed by atoms with Crippen molar-refractivity contribution in [3.05, 3.63) is 28.8 Å². The van der Waals surface area contributed by atoms with Crippen molar-refractivity contribution in [2.75, 3.05) is 5.73 Å². The number of nitrogens with two attached hydrogens (primary N) is 1. The molecule has 0 aliphatic carbocycles. The lowest BCUT2D eigenvalue weighted by atomic mass is 9.99. The van der Waals surface area contributed by atoms with Gasteiger partial charge in [0, 0.05) is 30.7 Å². The van der Waals surface area contributed by atoms with Gasteiger partial charge in [-0.15, -0.1) is 0 Å². The van der Waals surface area contributed by atoms with Crippen molar-refractivity contribution in [3.8, 4) is 17.0 Å². The van der Waals surface area contributed by atoms with Gasteiger partial charge in [-0.25, -0.2) is 0 Å². The molecule has 1 aromatic heterocycles. The topological polar surface area (TPSA) is 53.1 Å². The summed E-state index contributed by atoms with van der Waals surface area (Å²) in [5, 5.41) is 5.00. The number of anilines is 1. The number of nitrogen functional groups attached to an aromatic ring is 1. The molecule has 0 unspecified atom stereocenters. The number of aryl methyl sites for hydroxylation is 1. The van der Waals surface area contributed by atoms with Crippen LogP contribution >= 0.6 is 11.6 Å². The molecule has 0 bridgehead atoms. The molecule has 2 N–H and O–H groups in total. The molecule has 0 radical (unpaired) electrons. The van der Waals surface area contributed by atoms with Crippen molar-refractivity contribution in [1.29, 1.82) is 0 Å². The average molecular weight is 278 g/mol. The Morgan fingerprint density at radius 2 is 2.11 bits per heavy atom. The Balaban J connectivity index is 2.09. The van der Waals surface area contributed by atoms with E-state index in [1.54, 1.807) is 4.68 Å². The molecule has 0 spiro atoms. The molecule has 2 aromatic rings. The van der Waals surface area contributed by atoms with E-state index in [4.69, 9.17) is 22.1 Å². The predicted molar refractivity (Wildman–Crippen MR) is 76.5 cm³/mol. The molecule has 4 nitrogen and oxygen atoms in total. The molecular weight excluding hydrogens is 262 g/mol. The molecule has 0 saturated heterocycles. The maximum Gasteiger partial charge on any atom is 0.142 e. The number of benzene rings is 1. The molecule has 0 amide bonds. The van der Waals surface area contributed by atoms with Crippen LogP contribution in [0.2, 0.25) is 5.02 Å². The van der Waals surface area contributed by atoms with Crippen LogP contribution in [0, 0.1) is 0 Å². The van der Waals surface area contributed by atoms with Gasteiger partial charge in [-0.2, -0.15) is 5.10 Å². The predicted octanol–water partition coefficient (Wildman–Crippen LogP) is 3.04. The lowest BCUT2D eigenvalue weighted by Crippen LogP contribution is -2.24. The molecule has 0 fully saturated rings. The molecule has 5 heteroatoms. The molecule has 1 aromatic carbocycles. The highest BCUT2D eigenvalue weighted by molar-refractivity contribution is 6.32. The van der Waals surface area contributed by atoms with Crippen LogP contribution in [0.5, 0.6) is 5.75 Å². The van der Waals surface area contributed by atoms with Gasteiger partial charge in [0.05, 0.1) is 10.7 Å². The van der Waals surface area contributed by atoms with Gasteiger partial charge in [-0.05, 0) is 26.0 Å². The van der Waals surface area contributed by atoms with Crippen molar-refractivity contribution in [3.63, 3.8) is 0 Å². The molecule has 0 atom stereocenters. The number of fused-ring (bicyclic) bond motifs is 1. The normalized spacial score (nSPS) is 16.2. The Bertz CT molecular complexity index is 641. The number of rotatable bonds is 1. The standard InChI is InChI=1S/C14H16ClN3O/c1-14(2)7-9-4-8(5-10(15)13(9)19-14)11-6-12(16)18(3)17-11/h4-6H,7,16H2,1-3H3. The Morgan fingerprint density at radius 1 is 1.37 bits per heavy atom. The van der Waals surface area contributed by atoms with Gasteiger partial charge in [0.1, 0.15) is 17.2 Å². The summed E-state index contributed by atoms with van der Waals surface area (Å²) in [6.45, 7) is 4.11. The van der Waals surface area contributed by atoms with Crippen LogP contribution in [-0.2, 0) is 13.5 Å². The number of ether oxygens (including phenoxy) is 1. The van der Waals surface area contributed by atoms with E-state index < -0.39 is 0 Å². The fraction of sp³-hybridized carbons (Fsp3) is 0.357. The lowest BCUT2D eigenvalue weighted by Gasteiger charge is -2.17. The highest BCUT2D eigenvalue weighted by Gasteiger charge is 2.32. The SMILES string of the molecule is Cn1nc(-c2cc(Cl)c3c(c2)CC(C)(C)O3)cc1N. The summed E-state index contributed by atoms with van der Waals surface area (Å²) >= 11 is 6.31. The number of aromatic nitrogens is 2. The van der Waals surface area contributed by atoms with E-state index in [2.05, 4.69) is 25.0 Å². The van der Waals surface area contributed by atoms with Gasteiger partial charge in [0.15, 0.2) is 0 Å². The van der Waals surface area contributed by atoms with Crippen molar-refractivity contribution in [2.24, 2.45) is 7.05 Å². The van der Waals surface area contributed by atoms with Gasteiger partial charge < -0.3 is 10.5 Å². The van der Waals surface area contributed by atoms with Gasteiger partial charge in [-0.3, -0.25) is 4.68 Å². The molecule has 100 valence electrons. The Labute approximate surface area is 117 Å². The fourth-order valence-corrected chi connectivity index (χ4v) is 2.72. The third-order valence-electron chi connectivity index (χ3n) is 3.33. The third-order valence-corrected chi connectivity index (χ3v) is 3.61. The summed E-state index contributed by atoms with van der Waals surface area (Å²) in [4.78, 5) is 0. The third kappa shape index (κ3) is 2.06. The first-order valence-corrected chi connectivity index (χ1v) is 6.55. The van der Waals surface area contributed by atoms with E-state index in [-0.39, 0.29) is 5.60 Å². The quantitative estimate of drug-likeness (QED) is 0.872. The molecule has 1 aliphatic heterocycles. The lowest BCUT2D eigenvalue weighted by molar-refractivity contribution is 0.138. The number of hydrogen-bond donors (Lipinski definition) is 1. The van der Waals surface area contributed by atoms with Crippen molar-refractivity contribution < 1.29 is 4.74 Å². The Kier molecular flexibility index (Phi) is 2.54. The van der Waals surface area contributed by atoms with Gasteiger partial charge in [-0.1, -0.05) is 11.6 Å². The first kappa shape index (κ1) is 12.4. The number of hydrogen-bond acceptors (Lipinski definition) is 3. The van der Waals surface area contributed by atoms with E-state index in [9.17, 15) is 0 Å². The summed E-state index contributed by atoms with van der Waals surface area (Å²) in [6, 6.07) is 5.81. The minimum Gasteiger partial charge on any atom is -0.486 e. The Morgan fingerprint density at radius 3 is 2.74 bits per heavy atom. The summed E-state index contributed by atoms with van der Waals surface area (Å²) < 4.78 is 7.51. The van der Waals surface area contributed by atoms with E-state index >= 15 is 0 Å². The molecular formula is C14H16ClN3O. The van der Waals surface area contributed by atoms with Crippen LogP contribution in [0.4, 0.5) is 5.82 Å². The van der Waals surface area contributed by atoms with Gasteiger partial charge in [0.2, 0.25) is 0 Å². The van der Waals surface area contributed by atoms with Crippen LogP contribution in [0.25, 0.3) is 11.3 Å². The summed E-state index contributed by atoms with van der Waals surface area (Å²) in [7, 11) is 1.82. The molecule has 19 heavy (non-hydrogen) atoms. The van der Waals surface area contributed by atoms with Crippen LogP contribution in [0.3, 0.4) is 0 Å². The van der Waals surface area contributed by atoms with Gasteiger partial charge >= 0.3 is 0 Å². The zero-order valence-electron chi connectivity index (χ0n) is 11.2. The minimum absolute atomic E-state index is 0.201. The second-order valence-corrected chi connectivity index (χ2v) is 5.97. The zero-order chi connectivity index (χ0) is 13.8. The van der Waals surface area contributed by atoms with E-state index in [1.165, 1.54) is 0 Å². The van der Waals surface area contributed by atoms with Crippen LogP contribution < -0.4 is 10.5 Å². The van der Waals surface area contributed by atoms with Crippen LogP contribution in [0.15, 0.2) is 18.2 Å². The van der Waals surface area contributed by atoms with E-state index in [0.717, 1.165) is 29.0 Å². The number of nitrogens with zero attached hydrogens (tertiary/aromatic N) is 2. The maximum atomic E-state index is 6.31. The summed E-state index contributed by atoms with van der Waals surface area (Å²) in [5.41, 5.74) is 8.53. The first-order chi connectivity index (χ1) is 8.85. The second-order valence-electron chi connectivity index (χ2n) is 5.56. The van der Waals surface area contributed by atoms with Crippen LogP contribution in [-0.4, -0.2) is 15.4 Å². The largest absolute Gasteiger partial charge is 0.486 e. The van der Waals surface area contributed by atoms with Crippen molar-refractivity contribution >= 4 is 17.4 Å². The Hall–Kier alpha value is -1.68. The molecule has 1 aliphatic rings.